The molecule has 0 atom stereocenters. The quantitative estimate of drug-likeness (QED) is 0.603. The van der Waals surface area contributed by atoms with Gasteiger partial charge in [-0.3, -0.25) is 9.52 Å². The first-order valence-corrected chi connectivity index (χ1v) is 11.6. The van der Waals surface area contributed by atoms with Crippen molar-refractivity contribution in [3.05, 3.63) is 81.5 Å². The Morgan fingerprint density at radius 3 is 2.42 bits per heavy atom. The summed E-state index contributed by atoms with van der Waals surface area (Å²) in [5.41, 5.74) is 1.20. The van der Waals surface area contributed by atoms with E-state index in [0.29, 0.717) is 24.4 Å². The van der Waals surface area contributed by atoms with Gasteiger partial charge in [0.05, 0.1) is 15.3 Å². The molecule has 0 aliphatic carbocycles. The Kier molecular flexibility index (Phi) is 5.52. The monoisotopic (exact) mass is 466 g/mol. The van der Waals surface area contributed by atoms with E-state index in [0.717, 1.165) is 35.4 Å². The molecule has 31 heavy (non-hydrogen) atoms. The highest BCUT2D eigenvalue weighted by Gasteiger charge is 2.30. The molecule has 162 valence electrons. The lowest BCUT2D eigenvalue weighted by Crippen LogP contribution is -2.35. The SMILES string of the molecule is O=C(c1cccs1)N1CCc2ccc(NS(=O)(=O)c3ccc(C(F)(F)F)cc3)cc2C1. The molecule has 1 aliphatic rings. The predicted octanol–water partition coefficient (Wildman–Crippen LogP) is 4.77. The van der Waals surface area contributed by atoms with Crippen molar-refractivity contribution in [2.24, 2.45) is 0 Å². The maximum atomic E-state index is 12.7. The van der Waals surface area contributed by atoms with Crippen LogP contribution < -0.4 is 4.72 Å². The van der Waals surface area contributed by atoms with Crippen LogP contribution in [0.3, 0.4) is 0 Å². The largest absolute Gasteiger partial charge is 0.416 e. The fraction of sp³-hybridized carbons (Fsp3) is 0.190. The highest BCUT2D eigenvalue weighted by molar-refractivity contribution is 7.92. The molecule has 2 aromatic carbocycles. The van der Waals surface area contributed by atoms with Crippen LogP contribution in [0.4, 0.5) is 18.9 Å². The average Bonchev–Trinajstić information content (AvgIpc) is 3.27. The van der Waals surface area contributed by atoms with E-state index in [2.05, 4.69) is 4.72 Å². The second-order valence-corrected chi connectivity index (χ2v) is 9.70. The lowest BCUT2D eigenvalue weighted by Gasteiger charge is -2.29. The zero-order valence-corrected chi connectivity index (χ0v) is 17.7. The number of fused-ring (bicyclic) bond motifs is 1. The van der Waals surface area contributed by atoms with Crippen molar-refractivity contribution in [3.63, 3.8) is 0 Å². The number of alkyl halides is 3. The molecule has 0 radical (unpaired) electrons. The number of carbonyl (C=O) groups is 1. The zero-order chi connectivity index (χ0) is 22.2. The third-order valence-corrected chi connectivity index (χ3v) is 7.24. The van der Waals surface area contributed by atoms with Crippen LogP contribution in [0.15, 0.2) is 64.9 Å². The van der Waals surface area contributed by atoms with Crippen LogP contribution in [0.1, 0.15) is 26.4 Å². The molecule has 1 amide bonds. The van der Waals surface area contributed by atoms with Crippen LogP contribution in [0.25, 0.3) is 0 Å². The molecule has 4 rings (SSSR count). The Hall–Kier alpha value is -2.85. The van der Waals surface area contributed by atoms with Crippen LogP contribution in [0.2, 0.25) is 0 Å². The summed E-state index contributed by atoms with van der Waals surface area (Å²) in [5, 5.41) is 1.83. The summed E-state index contributed by atoms with van der Waals surface area (Å²) >= 11 is 1.36. The van der Waals surface area contributed by atoms with Crippen LogP contribution in [0, 0.1) is 0 Å². The Morgan fingerprint density at radius 2 is 1.77 bits per heavy atom. The van der Waals surface area contributed by atoms with Crippen molar-refractivity contribution in [2.45, 2.75) is 24.0 Å². The Bertz CT molecular complexity index is 1210. The van der Waals surface area contributed by atoms with Gasteiger partial charge in [-0.15, -0.1) is 11.3 Å². The van der Waals surface area contributed by atoms with E-state index in [1.54, 1.807) is 29.2 Å². The average molecular weight is 467 g/mol. The molecule has 0 saturated carbocycles. The van der Waals surface area contributed by atoms with Crippen molar-refractivity contribution >= 4 is 33.0 Å². The minimum absolute atomic E-state index is 0.0728. The first kappa shape index (κ1) is 21.4. The van der Waals surface area contributed by atoms with Gasteiger partial charge in [0.1, 0.15) is 0 Å². The van der Waals surface area contributed by atoms with Crippen LogP contribution in [0.5, 0.6) is 0 Å². The normalized spacial score (nSPS) is 14.2. The number of halogens is 3. The number of rotatable bonds is 4. The Labute approximate surface area is 181 Å². The number of amides is 1. The maximum Gasteiger partial charge on any atom is 0.416 e. The minimum atomic E-state index is -4.54. The van der Waals surface area contributed by atoms with Crippen LogP contribution in [-0.4, -0.2) is 25.8 Å². The van der Waals surface area contributed by atoms with Crippen LogP contribution in [-0.2, 0) is 29.2 Å². The number of sulfonamides is 1. The fourth-order valence-corrected chi connectivity index (χ4v) is 5.13. The van der Waals surface area contributed by atoms with Gasteiger partial charge in [-0.1, -0.05) is 12.1 Å². The Morgan fingerprint density at radius 1 is 1.03 bits per heavy atom. The van der Waals surface area contributed by atoms with Gasteiger partial charge in [0.25, 0.3) is 15.9 Å². The highest BCUT2D eigenvalue weighted by atomic mass is 32.2. The molecule has 0 bridgehead atoms. The number of nitrogens with zero attached hydrogens (tertiary/aromatic N) is 1. The number of nitrogens with one attached hydrogen (secondary N) is 1. The molecular weight excluding hydrogens is 449 g/mol. The second-order valence-electron chi connectivity index (χ2n) is 7.07. The summed E-state index contributed by atoms with van der Waals surface area (Å²) in [5.74, 6) is -0.0728. The van der Waals surface area contributed by atoms with E-state index in [9.17, 15) is 26.4 Å². The molecule has 0 spiro atoms. The first-order chi connectivity index (χ1) is 14.6. The smallest absolute Gasteiger partial charge is 0.333 e. The van der Waals surface area contributed by atoms with Gasteiger partial charge in [-0.05, 0) is 65.4 Å². The van der Waals surface area contributed by atoms with Gasteiger partial charge in [0.15, 0.2) is 0 Å². The molecule has 3 aromatic rings. The summed E-state index contributed by atoms with van der Waals surface area (Å²) in [6, 6.07) is 11.9. The molecular formula is C21H17F3N2O3S2. The topological polar surface area (TPSA) is 66.5 Å². The lowest BCUT2D eigenvalue weighted by atomic mass is 9.99. The van der Waals surface area contributed by atoms with Crippen molar-refractivity contribution in [1.82, 2.24) is 4.90 Å². The first-order valence-electron chi connectivity index (χ1n) is 9.28. The highest BCUT2D eigenvalue weighted by Crippen LogP contribution is 2.30. The summed E-state index contributed by atoms with van der Waals surface area (Å²) in [6.07, 6.45) is -3.89. The summed E-state index contributed by atoms with van der Waals surface area (Å²) in [7, 11) is -4.06. The van der Waals surface area contributed by atoms with Gasteiger partial charge in [0, 0.05) is 18.8 Å². The minimum Gasteiger partial charge on any atom is -0.333 e. The van der Waals surface area contributed by atoms with Gasteiger partial charge in [-0.25, -0.2) is 8.42 Å². The molecule has 10 heteroatoms. The number of hydrogen-bond donors (Lipinski definition) is 1. The van der Waals surface area contributed by atoms with E-state index < -0.39 is 21.8 Å². The van der Waals surface area contributed by atoms with E-state index in [4.69, 9.17) is 0 Å². The standard InChI is InChI=1S/C21H17F3N2O3S2/c22-21(23,24)16-4-7-18(8-5-16)31(28,29)25-17-6-3-14-9-10-26(13-15(14)12-17)20(27)19-2-1-11-30-19/h1-8,11-12,25H,9-10,13H2. The van der Waals surface area contributed by atoms with Gasteiger partial charge in [0.2, 0.25) is 0 Å². The fourth-order valence-electron chi connectivity index (χ4n) is 3.39. The van der Waals surface area contributed by atoms with Crippen molar-refractivity contribution < 1.29 is 26.4 Å². The molecule has 0 fully saturated rings. The molecule has 1 N–H and O–H groups in total. The third kappa shape index (κ3) is 4.59. The van der Waals surface area contributed by atoms with Gasteiger partial charge < -0.3 is 4.90 Å². The predicted molar refractivity (Wildman–Crippen MR) is 111 cm³/mol. The number of carbonyl (C=O) groups excluding carboxylic acids is 1. The Balaban J connectivity index is 1.53. The maximum absolute atomic E-state index is 12.7. The molecule has 0 unspecified atom stereocenters. The lowest BCUT2D eigenvalue weighted by molar-refractivity contribution is -0.137. The molecule has 1 aliphatic heterocycles. The van der Waals surface area contributed by atoms with Crippen molar-refractivity contribution in [3.8, 4) is 0 Å². The van der Waals surface area contributed by atoms with E-state index in [-0.39, 0.29) is 16.5 Å². The summed E-state index contributed by atoms with van der Waals surface area (Å²) in [4.78, 5) is 14.7. The summed E-state index contributed by atoms with van der Waals surface area (Å²) in [6.45, 7) is 0.919. The number of benzene rings is 2. The number of thiophene rings is 1. The molecule has 1 aromatic heterocycles. The van der Waals surface area contributed by atoms with Crippen LogP contribution >= 0.6 is 11.3 Å². The number of hydrogen-bond acceptors (Lipinski definition) is 4. The van der Waals surface area contributed by atoms with E-state index >= 15 is 0 Å². The van der Waals surface area contributed by atoms with E-state index in [1.165, 1.54) is 11.3 Å². The van der Waals surface area contributed by atoms with Gasteiger partial charge >= 0.3 is 6.18 Å². The zero-order valence-electron chi connectivity index (χ0n) is 16.0. The number of anilines is 1. The van der Waals surface area contributed by atoms with Gasteiger partial charge in [-0.2, -0.15) is 13.2 Å². The second kappa shape index (κ2) is 8.01. The molecule has 2 heterocycles. The van der Waals surface area contributed by atoms with E-state index in [1.807, 2.05) is 11.4 Å². The van der Waals surface area contributed by atoms with Crippen molar-refractivity contribution in [2.75, 3.05) is 11.3 Å². The van der Waals surface area contributed by atoms with Crippen molar-refractivity contribution in [1.29, 1.82) is 0 Å². The summed E-state index contributed by atoms with van der Waals surface area (Å²) < 4.78 is 65.7. The molecule has 5 nitrogen and oxygen atoms in total. The molecule has 0 saturated heterocycles. The third-order valence-electron chi connectivity index (χ3n) is 4.98.